The van der Waals surface area contributed by atoms with Crippen molar-refractivity contribution in [3.05, 3.63) is 24.5 Å². The van der Waals surface area contributed by atoms with Crippen LogP contribution >= 0.6 is 0 Å². The lowest BCUT2D eigenvalue weighted by molar-refractivity contribution is -0.0979. The fourth-order valence-electron chi connectivity index (χ4n) is 0.278. The second kappa shape index (κ2) is 4.95. The molecule has 0 saturated heterocycles. The number of carbonyl (C=O) groups is 1. The van der Waals surface area contributed by atoms with Gasteiger partial charge in [0.05, 0.1) is 0 Å². The molecule has 0 fully saturated rings. The Balaban J connectivity index is 0. The van der Waals surface area contributed by atoms with Crippen LogP contribution in [0, 0.1) is 0 Å². The maximum atomic E-state index is 8.00. The van der Waals surface area contributed by atoms with Gasteiger partial charge in [-0.2, -0.15) is 0 Å². The Bertz CT molecular complexity index is 79.3. The highest BCUT2D eigenvalue weighted by molar-refractivity contribution is 5.10. The van der Waals surface area contributed by atoms with Crippen molar-refractivity contribution in [3.63, 3.8) is 0 Å². The first-order chi connectivity index (χ1) is 3.50. The molecule has 0 aliphatic carbocycles. The lowest BCUT2D eigenvalue weighted by atomic mass is 10.7. The van der Waals surface area contributed by atoms with Crippen molar-refractivity contribution in [2.24, 2.45) is 0 Å². The Morgan fingerprint density at radius 3 is 1.86 bits per heavy atom. The summed E-state index contributed by atoms with van der Waals surface area (Å²) in [6.45, 7) is 2.00. The Hall–Kier alpha value is -1.05. The van der Waals surface area contributed by atoms with Gasteiger partial charge >= 0.3 is 0 Å². The zero-order valence-electron chi connectivity index (χ0n) is 3.92. The summed E-state index contributed by atoms with van der Waals surface area (Å²) in [6, 6.07) is 3.89. The van der Waals surface area contributed by atoms with Crippen molar-refractivity contribution in [1.29, 1.82) is 0 Å². The molecule has 0 amide bonds. The van der Waals surface area contributed by atoms with E-state index in [1.165, 1.54) is 0 Å². The molecule has 2 heteroatoms. The molecule has 0 saturated carbocycles. The molecule has 0 atom stereocenters. The van der Waals surface area contributed by atoms with Gasteiger partial charge in [0.15, 0.2) is 0 Å². The smallest absolute Gasteiger partial charge is 0.106 e. The third-order valence-electron chi connectivity index (χ3n) is 0.496. The highest BCUT2D eigenvalue weighted by atomic mass is 16.1. The van der Waals surface area contributed by atoms with E-state index in [1.54, 1.807) is 0 Å². The number of hydrogen-bond donors (Lipinski definition) is 1. The minimum atomic E-state index is 0. The maximum absolute atomic E-state index is 8.00. The first kappa shape index (κ1) is 5.95. The highest BCUT2D eigenvalue weighted by Gasteiger charge is 1.55. The third kappa shape index (κ3) is 2.76. The van der Waals surface area contributed by atoms with Crippen LogP contribution in [-0.2, 0) is 4.79 Å². The summed E-state index contributed by atoms with van der Waals surface area (Å²) in [5.41, 5.74) is 0. The van der Waals surface area contributed by atoms with E-state index in [9.17, 15) is 0 Å². The van der Waals surface area contributed by atoms with Crippen LogP contribution in [0.4, 0.5) is 0 Å². The SMILES string of the molecule is C=O.[HH].c1cc[nH]c1. The zero-order chi connectivity index (χ0) is 5.54. The molecular formula is C5H9NO. The highest BCUT2D eigenvalue weighted by Crippen LogP contribution is 1.72. The fourth-order valence-corrected chi connectivity index (χ4v) is 0.278. The number of aromatic amines is 1. The number of H-pyrrole nitrogens is 1. The van der Waals surface area contributed by atoms with Gasteiger partial charge in [-0.25, -0.2) is 0 Å². The zero-order valence-corrected chi connectivity index (χ0v) is 3.92. The molecule has 0 aromatic carbocycles. The van der Waals surface area contributed by atoms with E-state index in [1.807, 2.05) is 31.3 Å². The van der Waals surface area contributed by atoms with E-state index in [2.05, 4.69) is 4.98 Å². The van der Waals surface area contributed by atoms with Crippen molar-refractivity contribution >= 4 is 6.79 Å². The molecule has 0 unspecified atom stereocenters. The van der Waals surface area contributed by atoms with Gasteiger partial charge in [-0.05, 0) is 12.1 Å². The van der Waals surface area contributed by atoms with Gasteiger partial charge in [0, 0.05) is 13.8 Å². The summed E-state index contributed by atoms with van der Waals surface area (Å²) in [5, 5.41) is 0. The number of nitrogens with one attached hydrogen (secondary N) is 1. The van der Waals surface area contributed by atoms with Gasteiger partial charge in [0.25, 0.3) is 0 Å². The molecule has 2 nitrogen and oxygen atoms in total. The predicted molar refractivity (Wildman–Crippen MR) is 30.0 cm³/mol. The van der Waals surface area contributed by atoms with E-state index < -0.39 is 0 Å². The topological polar surface area (TPSA) is 32.9 Å². The lowest BCUT2D eigenvalue weighted by Gasteiger charge is -1.49. The summed E-state index contributed by atoms with van der Waals surface area (Å²) in [6.07, 6.45) is 3.75. The lowest BCUT2D eigenvalue weighted by Crippen LogP contribution is -1.38. The van der Waals surface area contributed by atoms with Crippen molar-refractivity contribution in [2.75, 3.05) is 0 Å². The average Bonchev–Trinajstić information content (AvgIpc) is 2.23. The van der Waals surface area contributed by atoms with E-state index in [0.717, 1.165) is 0 Å². The number of carbonyl (C=O) groups excluding carboxylic acids is 1. The van der Waals surface area contributed by atoms with E-state index in [-0.39, 0.29) is 1.43 Å². The molecule has 1 N–H and O–H groups in total. The molecule has 0 aliphatic heterocycles. The Morgan fingerprint density at radius 2 is 1.71 bits per heavy atom. The van der Waals surface area contributed by atoms with Crippen LogP contribution in [-0.4, -0.2) is 11.8 Å². The molecule has 0 spiro atoms. The van der Waals surface area contributed by atoms with Crippen molar-refractivity contribution < 1.29 is 6.22 Å². The Labute approximate surface area is 43.7 Å². The van der Waals surface area contributed by atoms with Crippen molar-refractivity contribution in [3.8, 4) is 0 Å². The van der Waals surface area contributed by atoms with Crippen LogP contribution in [0.25, 0.3) is 0 Å². The number of hydrogen-bond acceptors (Lipinski definition) is 1. The molecule has 0 aliphatic rings. The quantitative estimate of drug-likeness (QED) is 0.518. The Kier molecular flexibility index (Phi) is 4.21. The monoisotopic (exact) mass is 99.1 g/mol. The van der Waals surface area contributed by atoms with Gasteiger partial charge in [-0.1, -0.05) is 0 Å². The molecule has 1 aromatic rings. The summed E-state index contributed by atoms with van der Waals surface area (Å²) in [5.74, 6) is 0. The van der Waals surface area contributed by atoms with Crippen LogP contribution in [0.5, 0.6) is 0 Å². The standard InChI is InChI=1S/C4H5N.CH2O.H2/c1-2-4-5-3-1;1-2;/h1-5H;1H2;1H. The van der Waals surface area contributed by atoms with Crippen LogP contribution < -0.4 is 0 Å². The molecule has 7 heavy (non-hydrogen) atoms. The average molecular weight is 99.1 g/mol. The van der Waals surface area contributed by atoms with Crippen LogP contribution in [0.2, 0.25) is 0 Å². The summed E-state index contributed by atoms with van der Waals surface area (Å²) >= 11 is 0. The van der Waals surface area contributed by atoms with Crippen LogP contribution in [0.1, 0.15) is 1.43 Å². The first-order valence-electron chi connectivity index (χ1n) is 1.87. The second-order valence-electron chi connectivity index (χ2n) is 0.885. The summed E-state index contributed by atoms with van der Waals surface area (Å²) < 4.78 is 0. The van der Waals surface area contributed by atoms with Crippen molar-refractivity contribution in [2.45, 2.75) is 0 Å². The maximum Gasteiger partial charge on any atom is 0.106 e. The molecule has 1 rings (SSSR count). The minimum absolute atomic E-state index is 0. The van der Waals surface area contributed by atoms with E-state index in [0.29, 0.717) is 0 Å². The van der Waals surface area contributed by atoms with Crippen LogP contribution in [0.3, 0.4) is 0 Å². The molecular weight excluding hydrogens is 90.1 g/mol. The van der Waals surface area contributed by atoms with Crippen LogP contribution in [0.15, 0.2) is 24.5 Å². The van der Waals surface area contributed by atoms with Gasteiger partial charge < -0.3 is 9.78 Å². The van der Waals surface area contributed by atoms with Gasteiger partial charge in [-0.15, -0.1) is 0 Å². The van der Waals surface area contributed by atoms with E-state index >= 15 is 0 Å². The number of rotatable bonds is 0. The predicted octanol–water partition coefficient (Wildman–Crippen LogP) is 1.08. The fraction of sp³-hybridized carbons (Fsp3) is 0. The number of aromatic nitrogens is 1. The second-order valence-corrected chi connectivity index (χ2v) is 0.885. The van der Waals surface area contributed by atoms with Crippen molar-refractivity contribution in [1.82, 2.24) is 4.98 Å². The normalized spacial score (nSPS) is 6.29. The third-order valence-corrected chi connectivity index (χ3v) is 0.496. The molecule has 1 aromatic heterocycles. The summed E-state index contributed by atoms with van der Waals surface area (Å²) in [4.78, 5) is 10.9. The molecule has 40 valence electrons. The first-order valence-corrected chi connectivity index (χ1v) is 1.87. The molecule has 0 radical (unpaired) electrons. The van der Waals surface area contributed by atoms with Gasteiger partial charge in [0.1, 0.15) is 6.79 Å². The minimum Gasteiger partial charge on any atom is -0.368 e. The summed E-state index contributed by atoms with van der Waals surface area (Å²) in [7, 11) is 0. The van der Waals surface area contributed by atoms with E-state index in [4.69, 9.17) is 4.79 Å². The Morgan fingerprint density at radius 1 is 1.29 bits per heavy atom. The molecule has 0 bridgehead atoms. The largest absolute Gasteiger partial charge is 0.368 e. The van der Waals surface area contributed by atoms with Gasteiger partial charge in [-0.3, -0.25) is 0 Å². The molecule has 1 heterocycles. The van der Waals surface area contributed by atoms with Gasteiger partial charge in [0.2, 0.25) is 0 Å².